The Hall–Kier alpha value is -1.56. The van der Waals surface area contributed by atoms with Crippen molar-refractivity contribution in [2.24, 2.45) is 0 Å². The number of carbonyl (C=O) groups is 1. The van der Waals surface area contributed by atoms with Crippen molar-refractivity contribution < 1.29 is 18.0 Å². The normalized spacial score (nSPS) is 22.9. The van der Waals surface area contributed by atoms with Gasteiger partial charge < -0.3 is 10.6 Å². The van der Waals surface area contributed by atoms with E-state index in [2.05, 4.69) is 10.6 Å². The molecule has 0 aromatic heterocycles. The molecule has 0 unspecified atom stereocenters. The maximum Gasteiger partial charge on any atom is 0.416 e. The third kappa shape index (κ3) is 4.20. The van der Waals surface area contributed by atoms with Gasteiger partial charge in [0.05, 0.1) is 5.56 Å². The number of benzene rings is 1. The summed E-state index contributed by atoms with van der Waals surface area (Å²) in [5.41, 5.74) is -0.479. The summed E-state index contributed by atoms with van der Waals surface area (Å²) in [6, 6.07) is 4.91. The molecule has 2 N–H and O–H groups in total. The van der Waals surface area contributed by atoms with E-state index in [9.17, 15) is 18.0 Å². The summed E-state index contributed by atoms with van der Waals surface area (Å²) in [5.74, 6) is -0.309. The number of hydrogen-bond acceptors (Lipinski definition) is 2. The Morgan fingerprint density at radius 2 is 1.57 bits per heavy atom. The van der Waals surface area contributed by atoms with E-state index in [1.54, 1.807) is 0 Å². The molecule has 21 heavy (non-hydrogen) atoms. The van der Waals surface area contributed by atoms with Crippen molar-refractivity contribution in [2.45, 2.75) is 43.9 Å². The smallest absolute Gasteiger partial charge is 0.349 e. The van der Waals surface area contributed by atoms with Crippen molar-refractivity contribution in [3.05, 3.63) is 35.4 Å². The van der Waals surface area contributed by atoms with Gasteiger partial charge in [0.2, 0.25) is 0 Å². The lowest BCUT2D eigenvalue weighted by Crippen LogP contribution is -2.41. The van der Waals surface area contributed by atoms with Crippen LogP contribution in [0.4, 0.5) is 13.2 Å². The molecular formula is C15H19F3N2O. The highest BCUT2D eigenvalue weighted by Gasteiger charge is 2.30. The van der Waals surface area contributed by atoms with Crippen molar-refractivity contribution in [1.29, 1.82) is 0 Å². The second kappa shape index (κ2) is 6.47. The van der Waals surface area contributed by atoms with Gasteiger partial charge >= 0.3 is 6.18 Å². The molecule has 1 saturated carbocycles. The zero-order valence-electron chi connectivity index (χ0n) is 11.8. The number of alkyl halides is 3. The Morgan fingerprint density at radius 1 is 1.05 bits per heavy atom. The molecule has 1 aliphatic rings. The van der Waals surface area contributed by atoms with Gasteiger partial charge in [0, 0.05) is 17.6 Å². The third-order valence-electron chi connectivity index (χ3n) is 3.95. The number of halogens is 3. The average molecular weight is 300 g/mol. The standard InChI is InChI=1S/C15H19F3N2O/c1-19-12-6-8-13(9-7-12)20-14(21)10-2-4-11(5-3-10)15(16,17)18/h2-5,12-13,19H,6-9H2,1H3,(H,20,21). The second-order valence-electron chi connectivity index (χ2n) is 5.39. The van der Waals surface area contributed by atoms with Gasteiger partial charge in [0.1, 0.15) is 0 Å². The van der Waals surface area contributed by atoms with Crippen molar-refractivity contribution in [3.8, 4) is 0 Å². The van der Waals surface area contributed by atoms with Crippen LogP contribution in [-0.2, 0) is 6.18 Å². The Bertz CT molecular complexity index is 477. The van der Waals surface area contributed by atoms with Crippen molar-refractivity contribution in [1.82, 2.24) is 10.6 Å². The highest BCUT2D eigenvalue weighted by Crippen LogP contribution is 2.29. The van der Waals surface area contributed by atoms with Gasteiger partial charge in [0.25, 0.3) is 5.91 Å². The summed E-state index contributed by atoms with van der Waals surface area (Å²) in [5, 5.41) is 6.10. The van der Waals surface area contributed by atoms with Crippen molar-refractivity contribution in [3.63, 3.8) is 0 Å². The zero-order valence-corrected chi connectivity index (χ0v) is 11.8. The Labute approximate surface area is 121 Å². The molecule has 1 aliphatic carbocycles. The molecule has 1 aromatic rings. The molecule has 1 amide bonds. The zero-order chi connectivity index (χ0) is 15.5. The first-order chi connectivity index (χ1) is 9.90. The Morgan fingerprint density at radius 3 is 2.05 bits per heavy atom. The maximum atomic E-state index is 12.5. The van der Waals surface area contributed by atoms with Gasteiger partial charge in [-0.25, -0.2) is 0 Å². The molecule has 2 rings (SSSR count). The minimum absolute atomic E-state index is 0.101. The van der Waals surface area contributed by atoms with Crippen LogP contribution in [0.1, 0.15) is 41.6 Å². The summed E-state index contributed by atoms with van der Waals surface area (Å²) in [7, 11) is 1.92. The van der Waals surface area contributed by atoms with E-state index < -0.39 is 11.7 Å². The van der Waals surface area contributed by atoms with Gasteiger partial charge in [-0.05, 0) is 57.0 Å². The fourth-order valence-corrected chi connectivity index (χ4v) is 2.61. The number of hydrogen-bond donors (Lipinski definition) is 2. The van der Waals surface area contributed by atoms with Crippen LogP contribution in [0.2, 0.25) is 0 Å². The van der Waals surface area contributed by atoms with Crippen LogP contribution < -0.4 is 10.6 Å². The monoisotopic (exact) mass is 300 g/mol. The van der Waals surface area contributed by atoms with E-state index in [1.807, 2.05) is 7.05 Å². The molecular weight excluding hydrogens is 281 g/mol. The fraction of sp³-hybridized carbons (Fsp3) is 0.533. The topological polar surface area (TPSA) is 41.1 Å². The molecule has 0 aliphatic heterocycles. The molecule has 6 heteroatoms. The van der Waals surface area contributed by atoms with E-state index in [0.717, 1.165) is 37.8 Å². The van der Waals surface area contributed by atoms with Gasteiger partial charge in [-0.2, -0.15) is 13.2 Å². The van der Waals surface area contributed by atoms with Gasteiger partial charge in [-0.3, -0.25) is 4.79 Å². The van der Waals surface area contributed by atoms with Crippen molar-refractivity contribution in [2.75, 3.05) is 7.05 Å². The first-order valence-electron chi connectivity index (χ1n) is 7.05. The molecule has 0 radical (unpaired) electrons. The predicted molar refractivity (Wildman–Crippen MR) is 74.0 cm³/mol. The van der Waals surface area contributed by atoms with E-state index >= 15 is 0 Å². The number of nitrogens with one attached hydrogen (secondary N) is 2. The first kappa shape index (κ1) is 15.8. The lowest BCUT2D eigenvalue weighted by atomic mass is 9.91. The Kier molecular flexibility index (Phi) is 4.88. The van der Waals surface area contributed by atoms with Crippen LogP contribution >= 0.6 is 0 Å². The van der Waals surface area contributed by atoms with E-state index in [-0.39, 0.29) is 17.5 Å². The van der Waals surface area contributed by atoms with Crippen LogP contribution in [0, 0.1) is 0 Å². The van der Waals surface area contributed by atoms with Crippen LogP contribution in [0.5, 0.6) is 0 Å². The molecule has 0 atom stereocenters. The quantitative estimate of drug-likeness (QED) is 0.901. The molecule has 116 valence electrons. The Balaban J connectivity index is 1.92. The van der Waals surface area contributed by atoms with E-state index in [1.165, 1.54) is 12.1 Å². The highest BCUT2D eigenvalue weighted by atomic mass is 19.4. The van der Waals surface area contributed by atoms with Crippen LogP contribution in [-0.4, -0.2) is 25.0 Å². The van der Waals surface area contributed by atoms with Gasteiger partial charge in [-0.15, -0.1) is 0 Å². The summed E-state index contributed by atoms with van der Waals surface area (Å²) in [6.07, 6.45) is -0.612. The first-order valence-corrected chi connectivity index (χ1v) is 7.05. The average Bonchev–Trinajstić information content (AvgIpc) is 2.47. The fourth-order valence-electron chi connectivity index (χ4n) is 2.61. The number of carbonyl (C=O) groups excluding carboxylic acids is 1. The summed E-state index contributed by atoms with van der Waals surface area (Å²) in [4.78, 5) is 12.0. The lowest BCUT2D eigenvalue weighted by molar-refractivity contribution is -0.137. The number of rotatable bonds is 3. The molecule has 1 fully saturated rings. The van der Waals surface area contributed by atoms with Crippen LogP contribution in [0.25, 0.3) is 0 Å². The van der Waals surface area contributed by atoms with Crippen molar-refractivity contribution >= 4 is 5.91 Å². The molecule has 0 heterocycles. The van der Waals surface area contributed by atoms with E-state index in [0.29, 0.717) is 6.04 Å². The molecule has 0 bridgehead atoms. The third-order valence-corrected chi connectivity index (χ3v) is 3.95. The second-order valence-corrected chi connectivity index (χ2v) is 5.39. The highest BCUT2D eigenvalue weighted by molar-refractivity contribution is 5.94. The predicted octanol–water partition coefficient (Wildman–Crippen LogP) is 2.97. The minimum Gasteiger partial charge on any atom is -0.349 e. The van der Waals surface area contributed by atoms with Gasteiger partial charge in [0.15, 0.2) is 0 Å². The molecule has 1 aromatic carbocycles. The molecule has 0 spiro atoms. The lowest BCUT2D eigenvalue weighted by Gasteiger charge is -2.28. The SMILES string of the molecule is CNC1CCC(NC(=O)c2ccc(C(F)(F)F)cc2)CC1. The summed E-state index contributed by atoms with van der Waals surface area (Å²) < 4.78 is 37.4. The van der Waals surface area contributed by atoms with Gasteiger partial charge in [-0.1, -0.05) is 0 Å². The largest absolute Gasteiger partial charge is 0.416 e. The van der Waals surface area contributed by atoms with E-state index in [4.69, 9.17) is 0 Å². The minimum atomic E-state index is -4.37. The van der Waals surface area contributed by atoms with Crippen LogP contribution in [0.15, 0.2) is 24.3 Å². The summed E-state index contributed by atoms with van der Waals surface area (Å²) >= 11 is 0. The summed E-state index contributed by atoms with van der Waals surface area (Å²) in [6.45, 7) is 0. The van der Waals surface area contributed by atoms with Crippen LogP contribution in [0.3, 0.4) is 0 Å². The number of amides is 1. The molecule has 3 nitrogen and oxygen atoms in total. The molecule has 0 saturated heterocycles. The maximum absolute atomic E-state index is 12.5.